The van der Waals surface area contributed by atoms with Gasteiger partial charge in [0.15, 0.2) is 0 Å². The summed E-state index contributed by atoms with van der Waals surface area (Å²) >= 11 is 0. The van der Waals surface area contributed by atoms with Crippen molar-refractivity contribution in [2.24, 2.45) is 5.73 Å². The molecule has 0 spiro atoms. The number of benzene rings is 1. The van der Waals surface area contributed by atoms with Crippen molar-refractivity contribution < 1.29 is 4.74 Å². The van der Waals surface area contributed by atoms with E-state index in [-0.39, 0.29) is 6.04 Å². The zero-order valence-electron chi connectivity index (χ0n) is 11.5. The number of aromatic nitrogens is 1. The number of ether oxygens (including phenoxy) is 1. The van der Waals surface area contributed by atoms with Crippen molar-refractivity contribution in [3.05, 3.63) is 47.3 Å². The van der Waals surface area contributed by atoms with Gasteiger partial charge in [-0.15, -0.1) is 0 Å². The smallest absolute Gasteiger partial charge is 0.142 e. The second kappa shape index (κ2) is 4.74. The first kappa shape index (κ1) is 12.3. The lowest BCUT2D eigenvalue weighted by Crippen LogP contribution is -2.18. The second-order valence-electron chi connectivity index (χ2n) is 5.19. The maximum absolute atomic E-state index is 6.23. The molecule has 0 saturated heterocycles. The number of para-hydroxylation sites is 2. The molecular formula is C16H20N2O. The van der Waals surface area contributed by atoms with Crippen LogP contribution in [-0.4, -0.2) is 11.7 Å². The summed E-state index contributed by atoms with van der Waals surface area (Å²) in [5.41, 5.74) is 11.2. The highest BCUT2D eigenvalue weighted by atomic mass is 16.5. The van der Waals surface area contributed by atoms with E-state index in [0.717, 1.165) is 30.7 Å². The van der Waals surface area contributed by atoms with Gasteiger partial charge < -0.3 is 15.0 Å². The minimum absolute atomic E-state index is 0.179. The second-order valence-corrected chi connectivity index (χ2v) is 5.19. The molecule has 1 aromatic carbocycles. The number of nitrogens with two attached hydrogens (primary N) is 1. The van der Waals surface area contributed by atoms with Crippen LogP contribution in [0.1, 0.15) is 35.8 Å². The van der Waals surface area contributed by atoms with Gasteiger partial charge in [-0.3, -0.25) is 0 Å². The molecule has 1 unspecified atom stereocenters. The van der Waals surface area contributed by atoms with Crippen LogP contribution < -0.4 is 10.5 Å². The van der Waals surface area contributed by atoms with Gasteiger partial charge in [-0.2, -0.15) is 0 Å². The summed E-state index contributed by atoms with van der Waals surface area (Å²) in [5, 5.41) is 0. The normalized spacial score (nSPS) is 18.2. The number of fused-ring (bicyclic) bond motifs is 1. The molecule has 3 nitrogen and oxygen atoms in total. The monoisotopic (exact) mass is 256 g/mol. The topological polar surface area (TPSA) is 40.2 Å². The predicted molar refractivity (Wildman–Crippen MR) is 76.9 cm³/mol. The highest BCUT2D eigenvalue weighted by Crippen LogP contribution is 2.35. The number of rotatable bonds is 2. The Hall–Kier alpha value is -1.74. The minimum atomic E-state index is 0.179. The van der Waals surface area contributed by atoms with E-state index >= 15 is 0 Å². The fraction of sp³-hybridized carbons (Fsp3) is 0.375. The van der Waals surface area contributed by atoms with Crippen molar-refractivity contribution in [3.63, 3.8) is 0 Å². The van der Waals surface area contributed by atoms with Crippen molar-refractivity contribution in [2.45, 2.75) is 32.2 Å². The number of methoxy groups -OCH3 is 1. The zero-order valence-corrected chi connectivity index (χ0v) is 11.5. The molecule has 0 fully saturated rings. The molecule has 0 aliphatic heterocycles. The third-order valence-electron chi connectivity index (χ3n) is 3.97. The van der Waals surface area contributed by atoms with Crippen LogP contribution in [0.3, 0.4) is 0 Å². The Morgan fingerprint density at radius 1 is 1.32 bits per heavy atom. The molecule has 2 aromatic rings. The lowest BCUT2D eigenvalue weighted by molar-refractivity contribution is 0.412. The molecule has 0 bridgehead atoms. The molecule has 0 amide bonds. The number of hydrogen-bond donors (Lipinski definition) is 1. The maximum atomic E-state index is 6.23. The van der Waals surface area contributed by atoms with Gasteiger partial charge in [0.1, 0.15) is 5.75 Å². The van der Waals surface area contributed by atoms with E-state index in [0.29, 0.717) is 0 Å². The van der Waals surface area contributed by atoms with Crippen LogP contribution in [0, 0.1) is 6.92 Å². The molecule has 0 radical (unpaired) electrons. The SMILES string of the molecule is COc1ccccc1-n1c(C)cc2c1CCCC2N. The molecule has 2 N–H and O–H groups in total. The summed E-state index contributed by atoms with van der Waals surface area (Å²) in [4.78, 5) is 0. The molecule has 1 heterocycles. The summed E-state index contributed by atoms with van der Waals surface area (Å²) in [6.45, 7) is 2.14. The standard InChI is InChI=1S/C16H20N2O/c1-11-10-12-13(17)6-5-8-14(12)18(11)15-7-3-4-9-16(15)19-2/h3-4,7,9-10,13H,5-6,8,17H2,1-2H3. The first-order valence-electron chi connectivity index (χ1n) is 6.82. The van der Waals surface area contributed by atoms with Crippen LogP contribution >= 0.6 is 0 Å². The largest absolute Gasteiger partial charge is 0.495 e. The van der Waals surface area contributed by atoms with E-state index < -0.39 is 0 Å². The van der Waals surface area contributed by atoms with E-state index in [2.05, 4.69) is 23.6 Å². The highest BCUT2D eigenvalue weighted by Gasteiger charge is 2.23. The average Bonchev–Trinajstić information content (AvgIpc) is 2.76. The van der Waals surface area contributed by atoms with Crippen LogP contribution in [0.4, 0.5) is 0 Å². The van der Waals surface area contributed by atoms with E-state index in [4.69, 9.17) is 10.5 Å². The summed E-state index contributed by atoms with van der Waals surface area (Å²) in [6, 6.07) is 10.6. The van der Waals surface area contributed by atoms with Gasteiger partial charge in [0.25, 0.3) is 0 Å². The fourth-order valence-corrected chi connectivity index (χ4v) is 3.09. The summed E-state index contributed by atoms with van der Waals surface area (Å²) < 4.78 is 7.79. The van der Waals surface area contributed by atoms with E-state index in [1.54, 1.807) is 7.11 Å². The molecule has 0 saturated carbocycles. The zero-order chi connectivity index (χ0) is 13.4. The Morgan fingerprint density at radius 3 is 2.89 bits per heavy atom. The molecule has 1 aromatic heterocycles. The van der Waals surface area contributed by atoms with Crippen LogP contribution in [-0.2, 0) is 6.42 Å². The van der Waals surface area contributed by atoms with Gasteiger partial charge in [0.05, 0.1) is 12.8 Å². The van der Waals surface area contributed by atoms with Gasteiger partial charge >= 0.3 is 0 Å². The van der Waals surface area contributed by atoms with Crippen molar-refractivity contribution >= 4 is 0 Å². The van der Waals surface area contributed by atoms with Crippen molar-refractivity contribution in [2.75, 3.05) is 7.11 Å². The number of nitrogens with zero attached hydrogens (tertiary/aromatic N) is 1. The molecule has 19 heavy (non-hydrogen) atoms. The van der Waals surface area contributed by atoms with Crippen LogP contribution in [0.5, 0.6) is 5.75 Å². The molecule has 1 aliphatic rings. The predicted octanol–water partition coefficient (Wildman–Crippen LogP) is 3.13. The molecule has 3 rings (SSSR count). The molecule has 100 valence electrons. The first-order valence-corrected chi connectivity index (χ1v) is 6.82. The highest BCUT2D eigenvalue weighted by molar-refractivity contribution is 5.51. The Labute approximate surface area is 114 Å². The van der Waals surface area contributed by atoms with Gasteiger partial charge in [-0.05, 0) is 49.9 Å². The lowest BCUT2D eigenvalue weighted by atomic mass is 9.93. The average molecular weight is 256 g/mol. The Kier molecular flexibility index (Phi) is 3.07. The lowest BCUT2D eigenvalue weighted by Gasteiger charge is -2.22. The summed E-state index contributed by atoms with van der Waals surface area (Å²) in [5.74, 6) is 0.906. The third-order valence-corrected chi connectivity index (χ3v) is 3.97. The van der Waals surface area contributed by atoms with Crippen molar-refractivity contribution in [1.29, 1.82) is 0 Å². The minimum Gasteiger partial charge on any atom is -0.495 e. The van der Waals surface area contributed by atoms with Crippen LogP contribution in [0.15, 0.2) is 30.3 Å². The third kappa shape index (κ3) is 1.94. The van der Waals surface area contributed by atoms with E-state index in [1.165, 1.54) is 17.0 Å². The summed E-state index contributed by atoms with van der Waals surface area (Å²) in [6.07, 6.45) is 3.34. The van der Waals surface area contributed by atoms with E-state index in [9.17, 15) is 0 Å². The number of hydrogen-bond acceptors (Lipinski definition) is 2. The Morgan fingerprint density at radius 2 is 2.11 bits per heavy atom. The quantitative estimate of drug-likeness (QED) is 0.896. The van der Waals surface area contributed by atoms with Crippen LogP contribution in [0.2, 0.25) is 0 Å². The maximum Gasteiger partial charge on any atom is 0.142 e. The van der Waals surface area contributed by atoms with Gasteiger partial charge in [0, 0.05) is 17.4 Å². The number of aryl methyl sites for hydroxylation is 1. The van der Waals surface area contributed by atoms with Crippen molar-refractivity contribution in [3.8, 4) is 11.4 Å². The fourth-order valence-electron chi connectivity index (χ4n) is 3.09. The van der Waals surface area contributed by atoms with E-state index in [1.807, 2.05) is 18.2 Å². The Balaban J connectivity index is 2.20. The molecule has 1 aliphatic carbocycles. The molecule has 1 atom stereocenters. The van der Waals surface area contributed by atoms with Crippen LogP contribution in [0.25, 0.3) is 5.69 Å². The Bertz CT molecular complexity index is 601. The summed E-state index contributed by atoms with van der Waals surface area (Å²) in [7, 11) is 1.72. The van der Waals surface area contributed by atoms with Crippen molar-refractivity contribution in [1.82, 2.24) is 4.57 Å². The molecule has 3 heteroatoms. The molecular weight excluding hydrogens is 236 g/mol. The first-order chi connectivity index (χ1) is 9.22. The van der Waals surface area contributed by atoms with Gasteiger partial charge in [0.2, 0.25) is 0 Å². The van der Waals surface area contributed by atoms with Gasteiger partial charge in [-0.1, -0.05) is 12.1 Å². The van der Waals surface area contributed by atoms with Gasteiger partial charge in [-0.25, -0.2) is 0 Å².